The molecule has 24 heavy (non-hydrogen) atoms. The number of nitrogens with zero attached hydrogens (tertiary/aromatic N) is 1. The van der Waals surface area contributed by atoms with Gasteiger partial charge in [-0.25, -0.2) is 4.98 Å². The molecular weight excluding hydrogens is 340 g/mol. The summed E-state index contributed by atoms with van der Waals surface area (Å²) in [5.41, 5.74) is 1.26. The number of thiophene rings is 1. The fraction of sp³-hybridized carbons (Fsp3) is 0.444. The molecular formula is C18H20N2O2S2. The van der Waals surface area contributed by atoms with Crippen LogP contribution < -0.4 is 5.56 Å². The van der Waals surface area contributed by atoms with Crippen LogP contribution in [0.15, 0.2) is 27.6 Å². The summed E-state index contributed by atoms with van der Waals surface area (Å²) >= 11 is 3.42. The Kier molecular flexibility index (Phi) is 4.26. The highest BCUT2D eigenvalue weighted by atomic mass is 32.2. The Balaban J connectivity index is 1.64. The van der Waals surface area contributed by atoms with Crippen molar-refractivity contribution in [3.63, 3.8) is 0 Å². The van der Waals surface area contributed by atoms with Crippen LogP contribution in [0.5, 0.6) is 0 Å². The van der Waals surface area contributed by atoms with Gasteiger partial charge in [0.1, 0.15) is 16.4 Å². The molecule has 0 unspecified atom stereocenters. The first-order valence-electron chi connectivity index (χ1n) is 8.30. The van der Waals surface area contributed by atoms with Gasteiger partial charge in [-0.2, -0.15) is 0 Å². The largest absolute Gasteiger partial charge is 0.468 e. The van der Waals surface area contributed by atoms with E-state index in [1.807, 2.05) is 12.1 Å². The highest BCUT2D eigenvalue weighted by molar-refractivity contribution is 7.98. The van der Waals surface area contributed by atoms with E-state index in [4.69, 9.17) is 9.40 Å². The lowest BCUT2D eigenvalue weighted by molar-refractivity contribution is 0.509. The molecule has 4 nitrogen and oxygen atoms in total. The number of hydrogen-bond donors (Lipinski definition) is 1. The topological polar surface area (TPSA) is 58.9 Å². The maximum Gasteiger partial charge on any atom is 0.259 e. The van der Waals surface area contributed by atoms with Crippen molar-refractivity contribution >= 4 is 33.3 Å². The minimum absolute atomic E-state index is 0.0208. The molecule has 0 amide bonds. The molecule has 0 saturated carbocycles. The molecule has 2 atom stereocenters. The maximum atomic E-state index is 12.6. The third kappa shape index (κ3) is 2.93. The van der Waals surface area contributed by atoms with Crippen molar-refractivity contribution in [2.24, 2.45) is 5.92 Å². The Hall–Kier alpha value is -1.53. The van der Waals surface area contributed by atoms with Crippen LogP contribution in [0.25, 0.3) is 10.2 Å². The highest BCUT2D eigenvalue weighted by Crippen LogP contribution is 2.37. The van der Waals surface area contributed by atoms with Gasteiger partial charge in [0.2, 0.25) is 0 Å². The molecule has 6 heteroatoms. The van der Waals surface area contributed by atoms with Gasteiger partial charge in [0.25, 0.3) is 5.56 Å². The van der Waals surface area contributed by atoms with Crippen molar-refractivity contribution in [3.05, 3.63) is 50.8 Å². The summed E-state index contributed by atoms with van der Waals surface area (Å²) in [6.07, 6.45) is 4.93. The SMILES string of the molecule is C[C@H]1CCc2c(sc3nc([C@H](C)SCc4ccco4)[nH]c(=O)c23)C1. The number of furan rings is 1. The number of H-pyrrole nitrogens is 1. The predicted molar refractivity (Wildman–Crippen MR) is 99.8 cm³/mol. The summed E-state index contributed by atoms with van der Waals surface area (Å²) in [7, 11) is 0. The molecule has 0 radical (unpaired) electrons. The molecule has 0 aromatic carbocycles. The summed E-state index contributed by atoms with van der Waals surface area (Å²) in [6.45, 7) is 4.36. The van der Waals surface area contributed by atoms with E-state index >= 15 is 0 Å². The molecule has 1 aliphatic rings. The lowest BCUT2D eigenvalue weighted by Crippen LogP contribution is -2.15. The van der Waals surface area contributed by atoms with Gasteiger partial charge in [0.15, 0.2) is 0 Å². The zero-order valence-corrected chi connectivity index (χ0v) is 15.4. The third-order valence-electron chi connectivity index (χ3n) is 4.62. The molecule has 1 N–H and O–H groups in total. The Morgan fingerprint density at radius 2 is 2.42 bits per heavy atom. The first-order chi connectivity index (χ1) is 11.6. The van der Waals surface area contributed by atoms with E-state index in [9.17, 15) is 4.79 Å². The summed E-state index contributed by atoms with van der Waals surface area (Å²) in [4.78, 5) is 22.7. The van der Waals surface area contributed by atoms with Crippen LogP contribution in [0.4, 0.5) is 0 Å². The summed E-state index contributed by atoms with van der Waals surface area (Å²) in [5, 5.41) is 0.944. The summed E-state index contributed by atoms with van der Waals surface area (Å²) < 4.78 is 5.37. The quantitative estimate of drug-likeness (QED) is 0.733. The molecule has 0 bridgehead atoms. The summed E-state index contributed by atoms with van der Waals surface area (Å²) in [6, 6.07) is 3.86. The molecule has 4 rings (SSSR count). The van der Waals surface area contributed by atoms with E-state index in [0.717, 1.165) is 46.8 Å². The van der Waals surface area contributed by atoms with Gasteiger partial charge in [-0.15, -0.1) is 23.1 Å². The number of aromatic amines is 1. The van der Waals surface area contributed by atoms with Gasteiger partial charge >= 0.3 is 0 Å². The molecule has 3 heterocycles. The Morgan fingerprint density at radius 1 is 1.54 bits per heavy atom. The van der Waals surface area contributed by atoms with Gasteiger partial charge in [-0.3, -0.25) is 4.79 Å². The normalized spacial score (nSPS) is 18.7. The van der Waals surface area contributed by atoms with Crippen LogP contribution in [-0.2, 0) is 18.6 Å². The van der Waals surface area contributed by atoms with E-state index in [0.29, 0.717) is 5.92 Å². The van der Waals surface area contributed by atoms with Gasteiger partial charge in [0.05, 0.1) is 22.7 Å². The lowest BCUT2D eigenvalue weighted by atomic mass is 9.89. The maximum absolute atomic E-state index is 12.6. The van der Waals surface area contributed by atoms with Gasteiger partial charge in [-0.05, 0) is 49.8 Å². The van der Waals surface area contributed by atoms with E-state index < -0.39 is 0 Å². The van der Waals surface area contributed by atoms with Crippen molar-refractivity contribution < 1.29 is 4.42 Å². The molecule has 1 aliphatic carbocycles. The first kappa shape index (κ1) is 16.0. The lowest BCUT2D eigenvalue weighted by Gasteiger charge is -2.17. The fourth-order valence-electron chi connectivity index (χ4n) is 3.24. The monoisotopic (exact) mass is 360 g/mol. The number of fused-ring (bicyclic) bond motifs is 3. The molecule has 0 fully saturated rings. The average molecular weight is 361 g/mol. The van der Waals surface area contributed by atoms with E-state index in [-0.39, 0.29) is 10.8 Å². The zero-order chi connectivity index (χ0) is 16.7. The number of aryl methyl sites for hydroxylation is 1. The zero-order valence-electron chi connectivity index (χ0n) is 13.8. The number of aromatic nitrogens is 2. The van der Waals surface area contributed by atoms with Crippen LogP contribution in [-0.4, -0.2) is 9.97 Å². The van der Waals surface area contributed by atoms with Crippen molar-refractivity contribution in [1.82, 2.24) is 9.97 Å². The van der Waals surface area contributed by atoms with Crippen LogP contribution in [0, 0.1) is 5.92 Å². The van der Waals surface area contributed by atoms with Crippen LogP contribution in [0.1, 0.15) is 47.5 Å². The minimum Gasteiger partial charge on any atom is -0.468 e. The highest BCUT2D eigenvalue weighted by Gasteiger charge is 2.23. The predicted octanol–water partition coefficient (Wildman–Crippen LogP) is 4.70. The van der Waals surface area contributed by atoms with Crippen molar-refractivity contribution in [2.45, 2.75) is 44.1 Å². The second-order valence-electron chi connectivity index (χ2n) is 6.52. The molecule has 3 aromatic rings. The Bertz CT molecular complexity index is 911. The molecule has 0 spiro atoms. The third-order valence-corrected chi connectivity index (χ3v) is 6.95. The number of thioether (sulfide) groups is 1. The molecule has 0 saturated heterocycles. The second kappa shape index (κ2) is 6.41. The van der Waals surface area contributed by atoms with Gasteiger partial charge in [-0.1, -0.05) is 6.92 Å². The van der Waals surface area contributed by atoms with Crippen molar-refractivity contribution in [1.29, 1.82) is 0 Å². The average Bonchev–Trinajstić information content (AvgIpc) is 3.18. The van der Waals surface area contributed by atoms with Gasteiger partial charge in [0, 0.05) is 4.88 Å². The van der Waals surface area contributed by atoms with Crippen molar-refractivity contribution in [3.8, 4) is 0 Å². The Labute approximate surface area is 148 Å². The van der Waals surface area contributed by atoms with E-state index in [1.165, 1.54) is 10.4 Å². The smallest absolute Gasteiger partial charge is 0.259 e. The first-order valence-corrected chi connectivity index (χ1v) is 10.2. The van der Waals surface area contributed by atoms with E-state index in [1.54, 1.807) is 29.4 Å². The Morgan fingerprint density at radius 3 is 3.21 bits per heavy atom. The van der Waals surface area contributed by atoms with E-state index in [2.05, 4.69) is 18.8 Å². The van der Waals surface area contributed by atoms with Crippen LogP contribution >= 0.6 is 23.1 Å². The number of rotatable bonds is 4. The molecule has 126 valence electrons. The fourth-order valence-corrected chi connectivity index (χ4v) is 5.48. The second-order valence-corrected chi connectivity index (χ2v) is 8.93. The summed E-state index contributed by atoms with van der Waals surface area (Å²) in [5.74, 6) is 3.17. The van der Waals surface area contributed by atoms with Crippen molar-refractivity contribution in [2.75, 3.05) is 0 Å². The standard InChI is InChI=1S/C18H20N2O2S2/c1-10-5-6-13-14(8-10)24-18-15(13)17(21)19-16(20-18)11(2)23-9-12-4-3-7-22-12/h3-4,7,10-11H,5-6,8-9H2,1-2H3,(H,19,20,21)/t10-,11-/m0/s1. The van der Waals surface area contributed by atoms with Gasteiger partial charge < -0.3 is 9.40 Å². The molecule has 3 aromatic heterocycles. The molecule has 0 aliphatic heterocycles. The number of hydrogen-bond acceptors (Lipinski definition) is 5. The number of nitrogens with one attached hydrogen (secondary N) is 1. The van der Waals surface area contributed by atoms with Crippen LogP contribution in [0.3, 0.4) is 0 Å². The minimum atomic E-state index is 0.0208. The van der Waals surface area contributed by atoms with Crippen LogP contribution in [0.2, 0.25) is 0 Å².